The van der Waals surface area contributed by atoms with Crippen LogP contribution in [0.1, 0.15) is 35.6 Å². The van der Waals surface area contributed by atoms with Crippen LogP contribution in [0.5, 0.6) is 0 Å². The summed E-state index contributed by atoms with van der Waals surface area (Å²) in [4.78, 5) is 10.7. The van der Waals surface area contributed by atoms with E-state index in [1.807, 2.05) is 0 Å². The van der Waals surface area contributed by atoms with Crippen molar-refractivity contribution in [2.75, 3.05) is 0 Å². The molecule has 2 heteroatoms. The maximum atomic E-state index is 10.7. The third kappa shape index (κ3) is 2.84. The number of aliphatic carboxylic acids is 1. The van der Waals surface area contributed by atoms with Crippen molar-refractivity contribution < 1.29 is 9.90 Å². The van der Waals surface area contributed by atoms with Crippen molar-refractivity contribution in [2.24, 2.45) is 5.92 Å². The first-order valence-corrected chi connectivity index (χ1v) is 5.72. The Morgan fingerprint density at radius 2 is 1.88 bits per heavy atom. The number of aryl methyl sites for hydroxylation is 2. The highest BCUT2D eigenvalue weighted by Crippen LogP contribution is 2.19. The van der Waals surface area contributed by atoms with Gasteiger partial charge >= 0.3 is 5.97 Å². The summed E-state index contributed by atoms with van der Waals surface area (Å²) < 4.78 is 0. The van der Waals surface area contributed by atoms with Crippen molar-refractivity contribution in [1.82, 2.24) is 0 Å². The maximum absolute atomic E-state index is 10.7. The third-order valence-corrected chi connectivity index (χ3v) is 3.44. The van der Waals surface area contributed by atoms with Crippen LogP contribution in [0, 0.1) is 26.7 Å². The Labute approximate surface area is 97.3 Å². The van der Waals surface area contributed by atoms with Gasteiger partial charge in [-0.3, -0.25) is 4.79 Å². The van der Waals surface area contributed by atoms with Crippen LogP contribution in [0.2, 0.25) is 0 Å². The zero-order chi connectivity index (χ0) is 12.3. The van der Waals surface area contributed by atoms with Crippen LogP contribution in [-0.4, -0.2) is 11.1 Å². The molecule has 1 rings (SSSR count). The van der Waals surface area contributed by atoms with E-state index < -0.39 is 5.97 Å². The largest absolute Gasteiger partial charge is 0.481 e. The van der Waals surface area contributed by atoms with Crippen molar-refractivity contribution in [3.8, 4) is 0 Å². The van der Waals surface area contributed by atoms with Crippen LogP contribution >= 0.6 is 0 Å². The molecule has 0 saturated heterocycles. The highest BCUT2D eigenvalue weighted by Gasteiger charge is 2.12. The lowest BCUT2D eigenvalue weighted by atomic mass is 9.93. The fourth-order valence-electron chi connectivity index (χ4n) is 1.78. The van der Waals surface area contributed by atoms with E-state index in [0.717, 1.165) is 6.42 Å². The topological polar surface area (TPSA) is 37.3 Å². The summed E-state index contributed by atoms with van der Waals surface area (Å²) in [6, 6.07) is 4.23. The molecule has 0 aliphatic carbocycles. The van der Waals surface area contributed by atoms with E-state index >= 15 is 0 Å². The van der Waals surface area contributed by atoms with Crippen LogP contribution in [0.25, 0.3) is 0 Å². The monoisotopic (exact) mass is 220 g/mol. The molecule has 1 N–H and O–H groups in total. The molecule has 0 bridgehead atoms. The summed E-state index contributed by atoms with van der Waals surface area (Å²) in [5, 5.41) is 8.83. The average molecular weight is 220 g/mol. The molecule has 0 aromatic heterocycles. The first-order valence-electron chi connectivity index (χ1n) is 5.72. The number of hydrogen-bond acceptors (Lipinski definition) is 1. The second-order valence-electron chi connectivity index (χ2n) is 4.57. The molecule has 2 nitrogen and oxygen atoms in total. The molecule has 0 heterocycles. The summed E-state index contributed by atoms with van der Waals surface area (Å²) in [7, 11) is 0. The lowest BCUT2D eigenvalue weighted by molar-refractivity contribution is -0.141. The molecule has 0 spiro atoms. The molecule has 0 amide bonds. The number of carboxylic acid groups (broad SMARTS) is 1. The molecule has 0 saturated carbocycles. The van der Waals surface area contributed by atoms with Gasteiger partial charge in [0.25, 0.3) is 0 Å². The van der Waals surface area contributed by atoms with Gasteiger partial charge in [0.15, 0.2) is 0 Å². The summed E-state index contributed by atoms with van der Waals surface area (Å²) >= 11 is 0. The van der Waals surface area contributed by atoms with Crippen molar-refractivity contribution in [3.63, 3.8) is 0 Å². The number of benzene rings is 1. The maximum Gasteiger partial charge on any atom is 0.306 e. The van der Waals surface area contributed by atoms with Gasteiger partial charge in [-0.2, -0.15) is 0 Å². The lowest BCUT2D eigenvalue weighted by Crippen LogP contribution is -2.10. The van der Waals surface area contributed by atoms with E-state index in [4.69, 9.17) is 5.11 Å². The van der Waals surface area contributed by atoms with Crippen molar-refractivity contribution in [2.45, 2.75) is 40.5 Å². The third-order valence-electron chi connectivity index (χ3n) is 3.44. The lowest BCUT2D eigenvalue weighted by Gasteiger charge is -2.12. The molecule has 88 valence electrons. The Morgan fingerprint density at radius 3 is 2.44 bits per heavy atom. The van der Waals surface area contributed by atoms with E-state index in [-0.39, 0.29) is 5.92 Å². The van der Waals surface area contributed by atoms with Gasteiger partial charge in [0.05, 0.1) is 5.92 Å². The Kier molecular flexibility index (Phi) is 4.11. The van der Waals surface area contributed by atoms with Crippen LogP contribution in [0.4, 0.5) is 0 Å². The first kappa shape index (κ1) is 12.8. The summed E-state index contributed by atoms with van der Waals surface area (Å²) in [5.74, 6) is -0.970. The van der Waals surface area contributed by atoms with Gasteiger partial charge in [0.2, 0.25) is 0 Å². The molecule has 0 aliphatic heterocycles. The molecular formula is C14H20O2. The van der Waals surface area contributed by atoms with E-state index in [9.17, 15) is 4.79 Å². The quantitative estimate of drug-likeness (QED) is 0.845. The predicted molar refractivity (Wildman–Crippen MR) is 65.8 cm³/mol. The van der Waals surface area contributed by atoms with Crippen LogP contribution < -0.4 is 0 Å². The van der Waals surface area contributed by atoms with E-state index in [2.05, 4.69) is 32.9 Å². The predicted octanol–water partition coefficient (Wildman–Crippen LogP) is 3.27. The zero-order valence-corrected chi connectivity index (χ0v) is 10.5. The van der Waals surface area contributed by atoms with Gasteiger partial charge in [-0.25, -0.2) is 0 Å². The summed E-state index contributed by atoms with van der Waals surface area (Å²) in [5.41, 5.74) is 5.20. The second kappa shape index (κ2) is 5.15. The highest BCUT2D eigenvalue weighted by molar-refractivity contribution is 5.69. The van der Waals surface area contributed by atoms with Gasteiger partial charge in [-0.05, 0) is 55.9 Å². The first-order chi connectivity index (χ1) is 7.43. The Morgan fingerprint density at radius 1 is 1.25 bits per heavy atom. The summed E-state index contributed by atoms with van der Waals surface area (Å²) in [6.45, 7) is 8.10. The van der Waals surface area contributed by atoms with E-state index in [1.165, 1.54) is 22.3 Å². The molecule has 1 unspecified atom stereocenters. The van der Waals surface area contributed by atoms with Crippen molar-refractivity contribution in [3.05, 3.63) is 34.4 Å². The second-order valence-corrected chi connectivity index (χ2v) is 4.57. The van der Waals surface area contributed by atoms with E-state index in [0.29, 0.717) is 6.42 Å². The molecular weight excluding hydrogens is 200 g/mol. The molecule has 1 aromatic carbocycles. The molecule has 1 atom stereocenters. The Bertz CT molecular complexity index is 394. The smallest absolute Gasteiger partial charge is 0.306 e. The molecule has 1 aromatic rings. The van der Waals surface area contributed by atoms with Crippen molar-refractivity contribution >= 4 is 5.97 Å². The average Bonchev–Trinajstić information content (AvgIpc) is 2.24. The molecule has 0 fully saturated rings. The fourth-order valence-corrected chi connectivity index (χ4v) is 1.78. The van der Waals surface area contributed by atoms with Gasteiger partial charge in [-0.15, -0.1) is 0 Å². The highest BCUT2D eigenvalue weighted by atomic mass is 16.4. The summed E-state index contributed by atoms with van der Waals surface area (Å²) in [6.07, 6.45) is 1.55. The van der Waals surface area contributed by atoms with Crippen LogP contribution in [0.15, 0.2) is 12.1 Å². The number of carbonyl (C=O) groups is 1. The Balaban J connectivity index is 2.75. The molecule has 0 aliphatic rings. The number of hydrogen-bond donors (Lipinski definition) is 1. The van der Waals surface area contributed by atoms with Crippen LogP contribution in [0.3, 0.4) is 0 Å². The zero-order valence-electron chi connectivity index (χ0n) is 10.5. The minimum Gasteiger partial charge on any atom is -0.481 e. The molecule has 16 heavy (non-hydrogen) atoms. The van der Waals surface area contributed by atoms with Crippen molar-refractivity contribution in [1.29, 1.82) is 0 Å². The fraction of sp³-hybridized carbons (Fsp3) is 0.500. The Hall–Kier alpha value is -1.31. The normalized spacial score (nSPS) is 12.5. The van der Waals surface area contributed by atoms with Gasteiger partial charge in [0, 0.05) is 0 Å². The SMILES string of the molecule is Cc1ccc(CCC(C)C(=O)O)c(C)c1C. The standard InChI is InChI=1S/C14H20O2/c1-9-5-7-13(12(4)11(9)3)8-6-10(2)14(15)16/h5,7,10H,6,8H2,1-4H3,(H,15,16). The number of carboxylic acids is 1. The van der Waals surface area contributed by atoms with E-state index in [1.54, 1.807) is 6.92 Å². The van der Waals surface area contributed by atoms with Gasteiger partial charge in [0.1, 0.15) is 0 Å². The van der Waals surface area contributed by atoms with Gasteiger partial charge in [-0.1, -0.05) is 19.1 Å². The number of rotatable bonds is 4. The molecule has 0 radical (unpaired) electrons. The van der Waals surface area contributed by atoms with Gasteiger partial charge < -0.3 is 5.11 Å². The minimum absolute atomic E-state index is 0.263. The minimum atomic E-state index is -0.707. The van der Waals surface area contributed by atoms with Crippen LogP contribution in [-0.2, 0) is 11.2 Å².